The normalized spacial score (nSPS) is 17.6. The summed E-state index contributed by atoms with van der Waals surface area (Å²) in [7, 11) is 0. The van der Waals surface area contributed by atoms with Crippen molar-refractivity contribution in [1.29, 1.82) is 0 Å². The molecule has 4 aromatic rings. The first-order valence-electron chi connectivity index (χ1n) is 14.9. The molecule has 0 aliphatic carbocycles. The van der Waals surface area contributed by atoms with Crippen LogP contribution in [0.5, 0.6) is 5.75 Å². The fourth-order valence-corrected chi connectivity index (χ4v) is 6.79. The molecule has 248 valence electrons. The van der Waals surface area contributed by atoms with Crippen LogP contribution >= 0.6 is 11.3 Å². The first-order valence-corrected chi connectivity index (χ1v) is 15.8. The second-order valence-corrected chi connectivity index (χ2v) is 12.4. The molecule has 3 aliphatic heterocycles. The number of phenols is 1. The molecular formula is C33H24F2N6O7S. The molecule has 2 unspecified atom stereocenters. The van der Waals surface area contributed by atoms with Crippen LogP contribution in [0.15, 0.2) is 60.1 Å². The zero-order valence-corrected chi connectivity index (χ0v) is 26.0. The predicted molar refractivity (Wildman–Crippen MR) is 168 cm³/mol. The van der Waals surface area contributed by atoms with E-state index in [1.165, 1.54) is 17.2 Å². The number of thiazole rings is 1. The van der Waals surface area contributed by atoms with Gasteiger partial charge in [-0.25, -0.2) is 13.8 Å². The third-order valence-corrected chi connectivity index (χ3v) is 9.24. The highest BCUT2D eigenvalue weighted by molar-refractivity contribution is 7.13. The summed E-state index contributed by atoms with van der Waals surface area (Å²) in [5.74, 6) is -6.29. The molecule has 13 nitrogen and oxygen atoms in total. The first kappa shape index (κ1) is 31.6. The van der Waals surface area contributed by atoms with Crippen molar-refractivity contribution >= 4 is 57.6 Å². The van der Waals surface area contributed by atoms with Gasteiger partial charge in [0.1, 0.15) is 29.5 Å². The van der Waals surface area contributed by atoms with Crippen LogP contribution in [0.1, 0.15) is 66.6 Å². The van der Waals surface area contributed by atoms with Crippen molar-refractivity contribution in [2.75, 3.05) is 10.6 Å². The average molecular weight is 687 g/mol. The van der Waals surface area contributed by atoms with E-state index in [2.05, 4.69) is 20.9 Å². The lowest BCUT2D eigenvalue weighted by Crippen LogP contribution is -2.54. The highest BCUT2D eigenvalue weighted by Crippen LogP contribution is 2.39. The Morgan fingerprint density at radius 3 is 2.55 bits per heavy atom. The minimum atomic E-state index is -1.46. The Labute approximate surface area is 279 Å². The van der Waals surface area contributed by atoms with Crippen LogP contribution in [0.2, 0.25) is 0 Å². The molecule has 4 N–H and O–H groups in total. The van der Waals surface area contributed by atoms with E-state index in [9.17, 15) is 38.3 Å². The van der Waals surface area contributed by atoms with Crippen molar-refractivity contribution in [1.82, 2.24) is 20.1 Å². The molecule has 6 amide bonds. The molecule has 4 heterocycles. The molecule has 0 radical (unpaired) electrons. The Bertz CT molecular complexity index is 2110. The van der Waals surface area contributed by atoms with E-state index in [0.29, 0.717) is 5.56 Å². The summed E-state index contributed by atoms with van der Waals surface area (Å²) in [4.78, 5) is 83.8. The van der Waals surface area contributed by atoms with Gasteiger partial charge in [-0.05, 0) is 48.4 Å². The molecule has 0 spiro atoms. The van der Waals surface area contributed by atoms with Gasteiger partial charge in [-0.2, -0.15) is 0 Å². The maximum Gasteiger partial charge on any atom is 0.262 e. The summed E-state index contributed by atoms with van der Waals surface area (Å²) < 4.78 is 29.7. The third kappa shape index (κ3) is 5.54. The number of hydrogen-bond donors (Lipinski definition) is 4. The van der Waals surface area contributed by atoms with Gasteiger partial charge in [0.05, 0.1) is 16.7 Å². The molecule has 49 heavy (non-hydrogen) atoms. The Morgan fingerprint density at radius 1 is 1.04 bits per heavy atom. The lowest BCUT2D eigenvalue weighted by molar-refractivity contribution is -0.136. The number of nitrogens with zero attached hydrogens (tertiary/aromatic N) is 3. The summed E-state index contributed by atoms with van der Waals surface area (Å²) in [6, 6.07) is 7.38. The SMILES string of the molecule is O=C1CCC(N2C(=O)c3cc(F)c(CNc4cccc5c4C(=O)N(C(C(=O)Nc4nccs4)c4cc(F)ccc4O)C5)cc3C2=O)C(=O)N1. The molecule has 1 aromatic heterocycles. The number of aromatic nitrogens is 1. The Hall–Kier alpha value is -6.03. The topological polar surface area (TPSA) is 178 Å². The van der Waals surface area contributed by atoms with E-state index in [1.807, 2.05) is 0 Å². The van der Waals surface area contributed by atoms with E-state index in [1.54, 1.807) is 23.6 Å². The van der Waals surface area contributed by atoms with Crippen molar-refractivity contribution in [3.8, 4) is 5.75 Å². The molecule has 0 saturated carbocycles. The fraction of sp³-hybridized carbons (Fsp3) is 0.182. The van der Waals surface area contributed by atoms with Gasteiger partial charge in [-0.3, -0.25) is 44.3 Å². The van der Waals surface area contributed by atoms with Gasteiger partial charge in [0.2, 0.25) is 11.8 Å². The van der Waals surface area contributed by atoms with Crippen LogP contribution in [0.4, 0.5) is 19.6 Å². The quantitative estimate of drug-likeness (QED) is 0.202. The van der Waals surface area contributed by atoms with Gasteiger partial charge in [-0.1, -0.05) is 12.1 Å². The second kappa shape index (κ2) is 12.2. The van der Waals surface area contributed by atoms with E-state index in [-0.39, 0.29) is 64.6 Å². The number of nitrogens with one attached hydrogen (secondary N) is 3. The van der Waals surface area contributed by atoms with Crippen LogP contribution in [0, 0.1) is 11.6 Å². The van der Waals surface area contributed by atoms with Gasteiger partial charge < -0.3 is 15.3 Å². The van der Waals surface area contributed by atoms with Crippen molar-refractivity contribution in [3.05, 3.63) is 105 Å². The average Bonchev–Trinajstić information content (AvgIpc) is 3.76. The van der Waals surface area contributed by atoms with Crippen LogP contribution in [-0.4, -0.2) is 61.4 Å². The number of amides is 6. The summed E-state index contributed by atoms with van der Waals surface area (Å²) in [5.41, 5.74) is 0.420. The van der Waals surface area contributed by atoms with Gasteiger partial charge in [-0.15, -0.1) is 11.3 Å². The van der Waals surface area contributed by atoms with Crippen molar-refractivity contribution in [2.45, 2.75) is 38.0 Å². The molecular weight excluding hydrogens is 662 g/mol. The van der Waals surface area contributed by atoms with Crippen LogP contribution in [0.25, 0.3) is 0 Å². The standard InChI is InChI=1S/C33H24F2N6O7S/c34-17-4-6-24(42)20(11-17)27(29(45)39-33-36-8-9-49-33)40-14-15-2-1-3-22(26(15)32(40)48)37-13-16-10-18-19(12-21(16)35)31(47)41(30(18)46)23-5-7-25(43)38-28(23)44/h1-4,6,8-12,23,27,37,42H,5,7,13-14H2,(H,36,39,45)(H,38,43,44). The molecule has 1 saturated heterocycles. The van der Waals surface area contributed by atoms with Gasteiger partial charge in [0, 0.05) is 47.9 Å². The number of aromatic hydroxyl groups is 1. The Balaban J connectivity index is 1.15. The number of carbonyl (C=O) groups excluding carboxylic acids is 6. The third-order valence-electron chi connectivity index (χ3n) is 8.55. The number of rotatable bonds is 8. The number of piperidine rings is 1. The van der Waals surface area contributed by atoms with Gasteiger partial charge >= 0.3 is 0 Å². The lowest BCUT2D eigenvalue weighted by Gasteiger charge is -2.27. The monoisotopic (exact) mass is 686 g/mol. The second-order valence-electron chi connectivity index (χ2n) is 11.5. The summed E-state index contributed by atoms with van der Waals surface area (Å²) >= 11 is 1.13. The number of imide groups is 2. The zero-order chi connectivity index (χ0) is 34.6. The zero-order valence-electron chi connectivity index (χ0n) is 25.2. The highest BCUT2D eigenvalue weighted by atomic mass is 32.1. The van der Waals surface area contributed by atoms with Crippen molar-refractivity contribution in [3.63, 3.8) is 0 Å². The molecule has 3 aliphatic rings. The van der Waals surface area contributed by atoms with Crippen molar-refractivity contribution in [2.24, 2.45) is 0 Å². The minimum absolute atomic E-state index is 0.0182. The summed E-state index contributed by atoms with van der Waals surface area (Å²) in [6.07, 6.45) is 1.35. The van der Waals surface area contributed by atoms with E-state index in [4.69, 9.17) is 0 Å². The number of anilines is 2. The first-order chi connectivity index (χ1) is 23.5. The maximum atomic E-state index is 15.3. The van der Waals surface area contributed by atoms with Crippen molar-refractivity contribution < 1.29 is 42.7 Å². The van der Waals surface area contributed by atoms with Crippen LogP contribution in [0.3, 0.4) is 0 Å². The Morgan fingerprint density at radius 2 is 1.82 bits per heavy atom. The molecule has 3 aromatic carbocycles. The number of benzene rings is 3. The van der Waals surface area contributed by atoms with E-state index >= 15 is 4.39 Å². The lowest BCUT2D eigenvalue weighted by atomic mass is 10.0. The van der Waals surface area contributed by atoms with Gasteiger partial charge in [0.15, 0.2) is 5.13 Å². The highest BCUT2D eigenvalue weighted by Gasteiger charge is 2.45. The number of carbonyl (C=O) groups is 6. The summed E-state index contributed by atoms with van der Waals surface area (Å²) in [5, 5.41) is 20.2. The molecule has 7 rings (SSSR count). The van der Waals surface area contributed by atoms with Gasteiger partial charge in [0.25, 0.3) is 23.6 Å². The number of phenolic OH excluding ortho intramolecular Hbond substituents is 1. The van der Waals surface area contributed by atoms with Crippen LogP contribution in [-0.2, 0) is 27.5 Å². The largest absolute Gasteiger partial charge is 0.508 e. The molecule has 0 bridgehead atoms. The van der Waals surface area contributed by atoms with E-state index < -0.39 is 64.9 Å². The fourth-order valence-electron chi connectivity index (χ4n) is 6.25. The van der Waals surface area contributed by atoms with Crippen LogP contribution < -0.4 is 16.0 Å². The number of halogens is 2. The maximum absolute atomic E-state index is 15.3. The molecule has 1 fully saturated rings. The number of fused-ring (bicyclic) bond motifs is 2. The molecule has 2 atom stereocenters. The predicted octanol–water partition coefficient (Wildman–Crippen LogP) is 3.48. The smallest absolute Gasteiger partial charge is 0.262 e. The van der Waals surface area contributed by atoms with E-state index in [0.717, 1.165) is 40.5 Å². The molecule has 16 heteroatoms. The number of hydrogen-bond acceptors (Lipinski definition) is 10. The Kier molecular flexibility index (Phi) is 7.86. The minimum Gasteiger partial charge on any atom is -0.508 e. The summed E-state index contributed by atoms with van der Waals surface area (Å²) in [6.45, 7) is -0.322.